The molecule has 4 N–H and O–H groups in total. The first-order valence-corrected chi connectivity index (χ1v) is 11.5. The van der Waals surface area contributed by atoms with Crippen molar-refractivity contribution >= 4 is 12.0 Å². The third-order valence-electron chi connectivity index (χ3n) is 6.28. The van der Waals surface area contributed by atoms with E-state index in [1.54, 1.807) is 18.5 Å². The van der Waals surface area contributed by atoms with Crippen LogP contribution >= 0.6 is 0 Å². The minimum atomic E-state index is -0.324. The maximum absolute atomic E-state index is 12.8. The number of aromatic hydroxyl groups is 1. The number of carbonyl (C=O) groups is 1. The van der Waals surface area contributed by atoms with Crippen LogP contribution in [0.1, 0.15) is 52.7 Å². The second kappa shape index (κ2) is 9.02. The quantitative estimate of drug-likeness (QED) is 0.526. The Labute approximate surface area is 199 Å². The van der Waals surface area contributed by atoms with Gasteiger partial charge in [0.15, 0.2) is 0 Å². The van der Waals surface area contributed by atoms with E-state index in [0.29, 0.717) is 24.2 Å². The van der Waals surface area contributed by atoms with Crippen molar-refractivity contribution in [1.82, 2.24) is 25.3 Å². The minimum Gasteiger partial charge on any atom is -0.507 e. The summed E-state index contributed by atoms with van der Waals surface area (Å²) in [5.74, 6) is 0.233. The highest BCUT2D eigenvalue weighted by Crippen LogP contribution is 2.42. The van der Waals surface area contributed by atoms with E-state index < -0.39 is 0 Å². The zero-order chi connectivity index (χ0) is 24.5. The monoisotopic (exact) mass is 460 g/mol. The SMILES string of the molecule is CC1(C)CC(=Cc2ccc(-c3ccc(-c4cn[nH]c4)cc3O)nn2)CC(C)(C)N1C(=O)CCN. The van der Waals surface area contributed by atoms with Gasteiger partial charge < -0.3 is 15.7 Å². The second-order valence-electron chi connectivity index (χ2n) is 10.1. The molecule has 0 bridgehead atoms. The molecule has 1 aromatic carbocycles. The van der Waals surface area contributed by atoms with Gasteiger partial charge in [-0.3, -0.25) is 9.89 Å². The maximum atomic E-state index is 12.8. The Kier molecular flexibility index (Phi) is 6.27. The van der Waals surface area contributed by atoms with Gasteiger partial charge in [-0.25, -0.2) is 0 Å². The van der Waals surface area contributed by atoms with Gasteiger partial charge in [-0.1, -0.05) is 11.6 Å². The molecule has 8 nitrogen and oxygen atoms in total. The van der Waals surface area contributed by atoms with Gasteiger partial charge in [0, 0.05) is 41.4 Å². The molecule has 0 aliphatic carbocycles. The van der Waals surface area contributed by atoms with Crippen molar-refractivity contribution in [3.8, 4) is 28.1 Å². The molecule has 1 aliphatic heterocycles. The van der Waals surface area contributed by atoms with E-state index in [2.05, 4.69) is 54.2 Å². The van der Waals surface area contributed by atoms with E-state index >= 15 is 0 Å². The summed E-state index contributed by atoms with van der Waals surface area (Å²) < 4.78 is 0. The highest BCUT2D eigenvalue weighted by atomic mass is 16.3. The summed E-state index contributed by atoms with van der Waals surface area (Å²) in [5.41, 5.74) is 9.95. The van der Waals surface area contributed by atoms with Crippen molar-refractivity contribution < 1.29 is 9.90 Å². The van der Waals surface area contributed by atoms with Crippen molar-refractivity contribution in [3.05, 3.63) is 54.0 Å². The number of amides is 1. The van der Waals surface area contributed by atoms with Crippen LogP contribution in [0.5, 0.6) is 5.75 Å². The fourth-order valence-electron chi connectivity index (χ4n) is 5.27. The molecule has 2 aromatic heterocycles. The third-order valence-corrected chi connectivity index (χ3v) is 6.28. The molecule has 1 fully saturated rings. The normalized spacial score (nSPS) is 17.0. The number of piperidine rings is 1. The number of nitrogens with two attached hydrogens (primary N) is 1. The standard InChI is InChI=1S/C26H32N6O2/c1-25(2)13-17(14-26(3,4)32(25)24(34)9-10-27)11-20-6-8-22(31-30-20)21-7-5-18(12-23(21)33)19-15-28-29-16-19/h5-8,11-12,15-16,33H,9-10,13-14,27H2,1-4H3,(H,28,29). The Morgan fingerprint density at radius 3 is 2.41 bits per heavy atom. The molecule has 1 amide bonds. The smallest absolute Gasteiger partial charge is 0.224 e. The summed E-state index contributed by atoms with van der Waals surface area (Å²) in [6, 6.07) is 9.22. The Morgan fingerprint density at radius 2 is 1.85 bits per heavy atom. The molecule has 34 heavy (non-hydrogen) atoms. The highest BCUT2D eigenvalue weighted by Gasteiger charge is 2.45. The Bertz CT molecular complexity index is 1180. The summed E-state index contributed by atoms with van der Waals surface area (Å²) in [7, 11) is 0. The van der Waals surface area contributed by atoms with Gasteiger partial charge in [0.05, 0.1) is 17.6 Å². The number of carbonyl (C=O) groups excluding carboxylic acids is 1. The average Bonchev–Trinajstić information content (AvgIpc) is 3.28. The summed E-state index contributed by atoms with van der Waals surface area (Å²) >= 11 is 0. The number of hydrogen-bond donors (Lipinski definition) is 3. The number of nitrogens with one attached hydrogen (secondary N) is 1. The lowest BCUT2D eigenvalue weighted by molar-refractivity contribution is -0.146. The molecule has 3 heterocycles. The first-order chi connectivity index (χ1) is 16.1. The predicted octanol–water partition coefficient (Wildman–Crippen LogP) is 4.15. The van der Waals surface area contributed by atoms with Gasteiger partial charge in [0.2, 0.25) is 5.91 Å². The average molecular weight is 461 g/mol. The van der Waals surface area contributed by atoms with E-state index in [1.807, 2.05) is 29.2 Å². The fourth-order valence-corrected chi connectivity index (χ4v) is 5.27. The van der Waals surface area contributed by atoms with Crippen LogP contribution < -0.4 is 5.73 Å². The number of likely N-dealkylation sites (tertiary alicyclic amines) is 1. The van der Waals surface area contributed by atoms with Crippen LogP contribution in [0.25, 0.3) is 28.5 Å². The number of rotatable bonds is 5. The first-order valence-electron chi connectivity index (χ1n) is 11.5. The van der Waals surface area contributed by atoms with Crippen LogP contribution in [-0.4, -0.2) is 53.9 Å². The van der Waals surface area contributed by atoms with Gasteiger partial charge in [-0.2, -0.15) is 10.2 Å². The van der Waals surface area contributed by atoms with Crippen LogP contribution in [0.2, 0.25) is 0 Å². The first kappa shape index (κ1) is 23.6. The molecule has 8 heteroatoms. The number of phenols is 1. The van der Waals surface area contributed by atoms with E-state index in [-0.39, 0.29) is 22.7 Å². The Balaban J connectivity index is 1.55. The van der Waals surface area contributed by atoms with Crippen molar-refractivity contribution in [2.45, 2.75) is 58.0 Å². The van der Waals surface area contributed by atoms with Gasteiger partial charge in [0.25, 0.3) is 0 Å². The highest BCUT2D eigenvalue weighted by molar-refractivity contribution is 5.79. The summed E-state index contributed by atoms with van der Waals surface area (Å²) in [6.07, 6.45) is 7.41. The molecular formula is C26H32N6O2. The molecule has 1 aliphatic rings. The van der Waals surface area contributed by atoms with Crippen LogP contribution in [-0.2, 0) is 4.79 Å². The van der Waals surface area contributed by atoms with E-state index in [0.717, 1.165) is 29.7 Å². The number of aromatic nitrogens is 4. The number of aromatic amines is 1. The summed E-state index contributed by atoms with van der Waals surface area (Å²) in [4.78, 5) is 14.8. The maximum Gasteiger partial charge on any atom is 0.224 e. The van der Waals surface area contributed by atoms with Crippen molar-refractivity contribution in [2.24, 2.45) is 5.73 Å². The molecule has 0 radical (unpaired) electrons. The Hall–Kier alpha value is -3.52. The number of H-pyrrole nitrogens is 1. The topological polar surface area (TPSA) is 121 Å². The van der Waals surface area contributed by atoms with Gasteiger partial charge in [-0.05, 0) is 76.4 Å². The Morgan fingerprint density at radius 1 is 1.12 bits per heavy atom. The zero-order valence-electron chi connectivity index (χ0n) is 20.2. The summed E-state index contributed by atoms with van der Waals surface area (Å²) in [6.45, 7) is 8.75. The molecular weight excluding hydrogens is 428 g/mol. The lowest BCUT2D eigenvalue weighted by Gasteiger charge is -2.53. The zero-order valence-corrected chi connectivity index (χ0v) is 20.2. The van der Waals surface area contributed by atoms with E-state index in [1.165, 1.54) is 5.57 Å². The van der Waals surface area contributed by atoms with Gasteiger partial charge >= 0.3 is 0 Å². The number of phenolic OH excluding ortho intramolecular Hbond substituents is 1. The molecule has 3 aromatic rings. The largest absolute Gasteiger partial charge is 0.507 e. The van der Waals surface area contributed by atoms with Crippen LogP contribution in [0.15, 0.2) is 48.3 Å². The molecule has 0 spiro atoms. The van der Waals surface area contributed by atoms with Gasteiger partial charge in [0.1, 0.15) is 5.75 Å². The molecule has 0 unspecified atom stereocenters. The fraction of sp³-hybridized carbons (Fsp3) is 0.385. The van der Waals surface area contributed by atoms with Crippen LogP contribution in [0.3, 0.4) is 0 Å². The lowest BCUT2D eigenvalue weighted by atomic mass is 9.76. The number of benzene rings is 1. The third kappa shape index (κ3) is 4.72. The minimum absolute atomic E-state index is 0.0966. The van der Waals surface area contributed by atoms with Crippen LogP contribution in [0.4, 0.5) is 0 Å². The summed E-state index contributed by atoms with van der Waals surface area (Å²) in [5, 5.41) is 26.0. The molecule has 0 atom stereocenters. The van der Waals surface area contributed by atoms with Gasteiger partial charge in [-0.15, -0.1) is 5.10 Å². The number of hydrogen-bond acceptors (Lipinski definition) is 6. The lowest BCUT2D eigenvalue weighted by Crippen LogP contribution is -2.61. The van der Waals surface area contributed by atoms with E-state index in [9.17, 15) is 9.90 Å². The van der Waals surface area contributed by atoms with Crippen molar-refractivity contribution in [3.63, 3.8) is 0 Å². The van der Waals surface area contributed by atoms with E-state index in [4.69, 9.17) is 5.73 Å². The molecule has 178 valence electrons. The van der Waals surface area contributed by atoms with Crippen molar-refractivity contribution in [1.29, 1.82) is 0 Å². The predicted molar refractivity (Wildman–Crippen MR) is 133 cm³/mol. The number of nitrogens with zero attached hydrogens (tertiary/aromatic N) is 4. The second-order valence-corrected chi connectivity index (χ2v) is 10.1. The molecule has 1 saturated heterocycles. The molecule has 4 rings (SSSR count). The van der Waals surface area contributed by atoms with Crippen LogP contribution in [0, 0.1) is 0 Å². The molecule has 0 saturated carbocycles. The van der Waals surface area contributed by atoms with Crippen molar-refractivity contribution in [2.75, 3.05) is 6.54 Å².